The van der Waals surface area contributed by atoms with E-state index in [1.807, 2.05) is 6.07 Å². The quantitative estimate of drug-likeness (QED) is 0.141. The maximum absolute atomic E-state index is 11.6. The molecule has 0 fully saturated rings. The van der Waals surface area contributed by atoms with E-state index in [9.17, 15) is 4.79 Å². The minimum absolute atomic E-state index is 0.210. The van der Waals surface area contributed by atoms with Crippen LogP contribution in [0.3, 0.4) is 0 Å². The standard InChI is InChI=1S/C8H3I5O/c9-2-5(14)3-1-4(10)7(12)8(13)6(3)11/h1H,2H2. The van der Waals surface area contributed by atoms with Gasteiger partial charge >= 0.3 is 0 Å². The molecule has 6 heteroatoms. The highest BCUT2D eigenvalue weighted by Crippen LogP contribution is 2.29. The number of ketones is 1. The van der Waals surface area contributed by atoms with Gasteiger partial charge in [-0.15, -0.1) is 0 Å². The average Bonchev–Trinajstić information content (AvgIpc) is 2.19. The Morgan fingerprint density at radius 1 is 1.07 bits per heavy atom. The maximum atomic E-state index is 11.6. The minimum atomic E-state index is 0.210. The number of alkyl halides is 1. The summed E-state index contributed by atoms with van der Waals surface area (Å²) in [5.74, 6) is 0.210. The molecule has 76 valence electrons. The number of hydrogen-bond acceptors (Lipinski definition) is 1. The van der Waals surface area contributed by atoms with Crippen molar-refractivity contribution in [3.05, 3.63) is 25.9 Å². The van der Waals surface area contributed by atoms with Crippen molar-refractivity contribution in [3.8, 4) is 0 Å². The lowest BCUT2D eigenvalue weighted by molar-refractivity contribution is 0.102. The van der Waals surface area contributed by atoms with Gasteiger partial charge in [0.25, 0.3) is 0 Å². The van der Waals surface area contributed by atoms with E-state index in [1.165, 1.54) is 7.14 Å². The van der Waals surface area contributed by atoms with Gasteiger partial charge in [0, 0.05) is 19.8 Å². The van der Waals surface area contributed by atoms with Crippen LogP contribution in [-0.2, 0) is 0 Å². The van der Waals surface area contributed by atoms with E-state index in [-0.39, 0.29) is 5.78 Å². The van der Waals surface area contributed by atoms with E-state index >= 15 is 0 Å². The summed E-state index contributed by atoms with van der Waals surface area (Å²) in [6.45, 7) is 0. The van der Waals surface area contributed by atoms with Gasteiger partial charge < -0.3 is 0 Å². The molecule has 1 aromatic carbocycles. The highest BCUT2D eigenvalue weighted by molar-refractivity contribution is 14.1. The summed E-state index contributed by atoms with van der Waals surface area (Å²) in [7, 11) is 0. The summed E-state index contributed by atoms with van der Waals surface area (Å²) >= 11 is 11.2. The van der Waals surface area contributed by atoms with Crippen molar-refractivity contribution in [2.45, 2.75) is 0 Å². The molecular formula is C8H3I5O. The summed E-state index contributed by atoms with van der Waals surface area (Å²) in [6, 6.07) is 1.98. The molecule has 14 heavy (non-hydrogen) atoms. The van der Waals surface area contributed by atoms with Crippen molar-refractivity contribution in [3.63, 3.8) is 0 Å². The summed E-state index contributed by atoms with van der Waals surface area (Å²) in [6.07, 6.45) is 0. The van der Waals surface area contributed by atoms with Crippen LogP contribution in [0.4, 0.5) is 0 Å². The third-order valence-electron chi connectivity index (χ3n) is 1.52. The van der Waals surface area contributed by atoms with Crippen LogP contribution in [0, 0.1) is 14.3 Å². The molecule has 1 aromatic rings. The van der Waals surface area contributed by atoms with Gasteiger partial charge in [0.05, 0.1) is 4.43 Å². The Hall–Kier alpha value is 2.54. The predicted molar refractivity (Wildman–Crippen MR) is 101 cm³/mol. The second kappa shape index (κ2) is 6.47. The minimum Gasteiger partial charge on any atom is -0.293 e. The van der Waals surface area contributed by atoms with Crippen molar-refractivity contribution in [1.82, 2.24) is 0 Å². The molecule has 0 N–H and O–H groups in total. The van der Waals surface area contributed by atoms with Crippen LogP contribution in [0.2, 0.25) is 0 Å². The number of halogens is 5. The van der Waals surface area contributed by atoms with E-state index in [0.717, 1.165) is 12.7 Å². The molecule has 0 spiro atoms. The van der Waals surface area contributed by atoms with Gasteiger partial charge in [0.1, 0.15) is 0 Å². The molecule has 0 radical (unpaired) electrons. The zero-order valence-electron chi connectivity index (χ0n) is 6.58. The first kappa shape index (κ1) is 14.6. The zero-order valence-corrected chi connectivity index (χ0v) is 17.4. The predicted octanol–water partition coefficient (Wildman–Crippen LogP) is 4.72. The Labute approximate surface area is 151 Å². The second-order valence-electron chi connectivity index (χ2n) is 2.40. The largest absolute Gasteiger partial charge is 0.293 e. The topological polar surface area (TPSA) is 17.1 Å². The second-order valence-corrected chi connectivity index (χ2v) is 7.57. The first-order chi connectivity index (χ1) is 6.49. The lowest BCUT2D eigenvalue weighted by atomic mass is 10.2. The number of carbonyl (C=O) groups excluding carboxylic acids is 1. The SMILES string of the molecule is O=C(CI)c1cc(I)c(I)c(I)c1I. The van der Waals surface area contributed by atoms with Crippen molar-refractivity contribution in [2.24, 2.45) is 0 Å². The highest BCUT2D eigenvalue weighted by Gasteiger charge is 2.15. The summed E-state index contributed by atoms with van der Waals surface area (Å²) in [5, 5.41) is 0. The van der Waals surface area contributed by atoms with Crippen LogP contribution in [0.5, 0.6) is 0 Å². The summed E-state index contributed by atoms with van der Waals surface area (Å²) in [5.41, 5.74) is 0.856. The van der Waals surface area contributed by atoms with Crippen LogP contribution in [-0.4, -0.2) is 10.2 Å². The lowest BCUT2D eigenvalue weighted by Crippen LogP contribution is -2.06. The van der Waals surface area contributed by atoms with Crippen molar-refractivity contribution in [2.75, 3.05) is 4.43 Å². The molecule has 0 aromatic heterocycles. The fourth-order valence-electron chi connectivity index (χ4n) is 0.848. The normalized spacial score (nSPS) is 10.4. The molecule has 0 heterocycles. The van der Waals surface area contributed by atoms with Crippen molar-refractivity contribution >= 4 is 119 Å². The van der Waals surface area contributed by atoms with Gasteiger partial charge in [-0.05, 0) is 96.4 Å². The Balaban J connectivity index is 3.40. The molecule has 0 aliphatic rings. The molecule has 0 amide bonds. The molecule has 1 nitrogen and oxygen atoms in total. The molecular weight excluding hydrogens is 747 g/mol. The van der Waals surface area contributed by atoms with E-state index in [1.54, 1.807) is 0 Å². The van der Waals surface area contributed by atoms with E-state index in [0.29, 0.717) is 4.43 Å². The van der Waals surface area contributed by atoms with E-state index in [2.05, 4.69) is 113 Å². The summed E-state index contributed by atoms with van der Waals surface area (Å²) in [4.78, 5) is 11.6. The Morgan fingerprint density at radius 3 is 2.14 bits per heavy atom. The molecule has 0 saturated carbocycles. The number of Topliss-reactive ketones (excluding diaryl/α,β-unsaturated/α-hetero) is 1. The Bertz CT molecular complexity index is 388. The fraction of sp³-hybridized carbons (Fsp3) is 0.125. The molecule has 0 saturated heterocycles. The van der Waals surface area contributed by atoms with Crippen LogP contribution < -0.4 is 0 Å². The van der Waals surface area contributed by atoms with E-state index < -0.39 is 0 Å². The van der Waals surface area contributed by atoms with Crippen LogP contribution in [0.15, 0.2) is 6.07 Å². The molecule has 0 unspecified atom stereocenters. The first-order valence-electron chi connectivity index (χ1n) is 3.41. The van der Waals surface area contributed by atoms with Gasteiger partial charge in [0.15, 0.2) is 5.78 Å². The van der Waals surface area contributed by atoms with Crippen LogP contribution >= 0.6 is 113 Å². The van der Waals surface area contributed by atoms with Crippen LogP contribution in [0.25, 0.3) is 0 Å². The van der Waals surface area contributed by atoms with Gasteiger partial charge in [-0.3, -0.25) is 4.79 Å². The fourth-order valence-corrected chi connectivity index (χ4v) is 4.60. The average molecular weight is 750 g/mol. The lowest BCUT2D eigenvalue weighted by Gasteiger charge is -2.08. The molecule has 1 rings (SSSR count). The molecule has 0 aliphatic heterocycles. The van der Waals surface area contributed by atoms with Crippen LogP contribution in [0.1, 0.15) is 10.4 Å². The highest BCUT2D eigenvalue weighted by atomic mass is 127. The van der Waals surface area contributed by atoms with E-state index in [4.69, 9.17) is 0 Å². The van der Waals surface area contributed by atoms with Gasteiger partial charge in [0.2, 0.25) is 0 Å². The Kier molecular flexibility index (Phi) is 6.74. The zero-order chi connectivity index (χ0) is 10.9. The number of carbonyl (C=O) groups is 1. The van der Waals surface area contributed by atoms with Gasteiger partial charge in [-0.2, -0.15) is 0 Å². The molecule has 0 bridgehead atoms. The first-order valence-corrected chi connectivity index (χ1v) is 9.25. The number of benzene rings is 1. The molecule has 0 atom stereocenters. The third kappa shape index (κ3) is 3.27. The third-order valence-corrected chi connectivity index (χ3v) is 9.48. The number of rotatable bonds is 2. The maximum Gasteiger partial charge on any atom is 0.173 e. The van der Waals surface area contributed by atoms with Crippen molar-refractivity contribution < 1.29 is 4.79 Å². The van der Waals surface area contributed by atoms with Gasteiger partial charge in [-0.25, -0.2) is 0 Å². The smallest absolute Gasteiger partial charge is 0.173 e. The van der Waals surface area contributed by atoms with Crippen molar-refractivity contribution in [1.29, 1.82) is 0 Å². The van der Waals surface area contributed by atoms with Gasteiger partial charge in [-0.1, -0.05) is 22.6 Å². The summed E-state index contributed by atoms with van der Waals surface area (Å²) < 4.78 is 5.19. The molecule has 0 aliphatic carbocycles. The number of hydrogen-bond donors (Lipinski definition) is 0. The Morgan fingerprint density at radius 2 is 1.64 bits per heavy atom. The monoisotopic (exact) mass is 750 g/mol.